The third-order valence-corrected chi connectivity index (χ3v) is 3.98. The van der Waals surface area contributed by atoms with Gasteiger partial charge in [-0.05, 0) is 31.4 Å². The van der Waals surface area contributed by atoms with Gasteiger partial charge in [0.1, 0.15) is 12.7 Å². The number of allylic oxidation sites excluding steroid dienone is 1. The fourth-order valence-electron chi connectivity index (χ4n) is 2.61. The average molecular weight is 347 g/mol. The third-order valence-electron chi connectivity index (χ3n) is 3.98. The lowest BCUT2D eigenvalue weighted by Crippen LogP contribution is -2.22. The normalized spacial score (nSPS) is 11.3. The molecule has 0 unspecified atom stereocenters. The van der Waals surface area contributed by atoms with E-state index in [0.29, 0.717) is 12.4 Å². The van der Waals surface area contributed by atoms with Gasteiger partial charge in [0.2, 0.25) is 5.91 Å². The summed E-state index contributed by atoms with van der Waals surface area (Å²) >= 11 is 0. The zero-order valence-electron chi connectivity index (χ0n) is 14.7. The molecule has 6 heteroatoms. The Bertz CT molecular complexity index is 872. The summed E-state index contributed by atoms with van der Waals surface area (Å²) in [5, 5.41) is 7.01. The van der Waals surface area contributed by atoms with Crippen LogP contribution in [0.2, 0.25) is 0 Å². The molecule has 1 amide bonds. The molecule has 0 fully saturated rings. The minimum Gasteiger partial charge on any atom is -0.348 e. The maximum atomic E-state index is 12.2. The van der Waals surface area contributed by atoms with E-state index >= 15 is 0 Å². The van der Waals surface area contributed by atoms with Gasteiger partial charge in [0, 0.05) is 24.4 Å². The number of hydrogen-bond acceptors (Lipinski definition) is 4. The SMILES string of the molecule is CC(=CC(=O)NCc1cccnc1-n1cncn1)CCc1ccccc1. The van der Waals surface area contributed by atoms with Crippen molar-refractivity contribution in [3.05, 3.63) is 84.1 Å². The first-order valence-electron chi connectivity index (χ1n) is 8.50. The predicted molar refractivity (Wildman–Crippen MR) is 99.5 cm³/mol. The Morgan fingerprint density at radius 2 is 2.04 bits per heavy atom. The number of carbonyl (C=O) groups excluding carboxylic acids is 1. The van der Waals surface area contributed by atoms with Crippen LogP contribution in [0.25, 0.3) is 5.82 Å². The Morgan fingerprint density at radius 1 is 1.19 bits per heavy atom. The number of aromatic nitrogens is 4. The Hall–Kier alpha value is -3.28. The molecular formula is C20H21N5O. The molecular weight excluding hydrogens is 326 g/mol. The Kier molecular flexibility index (Phi) is 5.88. The molecule has 3 aromatic rings. The largest absolute Gasteiger partial charge is 0.348 e. The van der Waals surface area contributed by atoms with Crippen LogP contribution < -0.4 is 5.32 Å². The Morgan fingerprint density at radius 3 is 2.81 bits per heavy atom. The van der Waals surface area contributed by atoms with Crippen LogP contribution in [0.1, 0.15) is 24.5 Å². The van der Waals surface area contributed by atoms with Crippen molar-refractivity contribution in [3.63, 3.8) is 0 Å². The van der Waals surface area contributed by atoms with E-state index in [1.807, 2.05) is 37.3 Å². The summed E-state index contributed by atoms with van der Waals surface area (Å²) in [4.78, 5) is 20.4. The molecule has 0 bridgehead atoms. The molecule has 0 spiro atoms. The number of amides is 1. The van der Waals surface area contributed by atoms with Crippen LogP contribution in [0.3, 0.4) is 0 Å². The standard InChI is InChI=1S/C20H21N5O/c1-16(9-10-17-6-3-2-4-7-17)12-19(26)23-13-18-8-5-11-22-20(18)25-15-21-14-24-25/h2-8,11-12,14-15H,9-10,13H2,1H3,(H,23,26). The van der Waals surface area contributed by atoms with Gasteiger partial charge >= 0.3 is 0 Å². The van der Waals surface area contributed by atoms with Gasteiger partial charge in [0.15, 0.2) is 5.82 Å². The molecule has 2 aromatic heterocycles. The quantitative estimate of drug-likeness (QED) is 0.667. The third kappa shape index (κ3) is 4.86. The Balaban J connectivity index is 1.56. The molecule has 6 nitrogen and oxygen atoms in total. The van der Waals surface area contributed by atoms with E-state index in [1.165, 1.54) is 11.9 Å². The summed E-state index contributed by atoms with van der Waals surface area (Å²) in [6.45, 7) is 2.36. The monoisotopic (exact) mass is 347 g/mol. The van der Waals surface area contributed by atoms with Crippen molar-refractivity contribution in [2.75, 3.05) is 0 Å². The van der Waals surface area contributed by atoms with Crippen molar-refractivity contribution < 1.29 is 4.79 Å². The zero-order chi connectivity index (χ0) is 18.2. The van der Waals surface area contributed by atoms with E-state index in [-0.39, 0.29) is 5.91 Å². The number of nitrogens with one attached hydrogen (secondary N) is 1. The number of hydrogen-bond donors (Lipinski definition) is 1. The van der Waals surface area contributed by atoms with Crippen molar-refractivity contribution >= 4 is 5.91 Å². The van der Waals surface area contributed by atoms with Gasteiger partial charge in [-0.1, -0.05) is 42.0 Å². The highest BCUT2D eigenvalue weighted by atomic mass is 16.1. The molecule has 0 aliphatic heterocycles. The summed E-state index contributed by atoms with van der Waals surface area (Å²) in [5.41, 5.74) is 3.20. The summed E-state index contributed by atoms with van der Waals surface area (Å²) < 4.78 is 1.59. The summed E-state index contributed by atoms with van der Waals surface area (Å²) in [6.07, 6.45) is 8.17. The highest BCUT2D eigenvalue weighted by molar-refractivity contribution is 5.88. The van der Waals surface area contributed by atoms with E-state index in [4.69, 9.17) is 0 Å². The number of benzene rings is 1. The number of pyridine rings is 1. The topological polar surface area (TPSA) is 72.7 Å². The van der Waals surface area contributed by atoms with Crippen molar-refractivity contribution in [1.29, 1.82) is 0 Å². The molecule has 0 saturated heterocycles. The van der Waals surface area contributed by atoms with Crippen LogP contribution in [0.4, 0.5) is 0 Å². The predicted octanol–water partition coefficient (Wildman–Crippen LogP) is 2.86. The molecule has 0 saturated carbocycles. The van der Waals surface area contributed by atoms with Gasteiger partial charge in [-0.2, -0.15) is 5.10 Å². The fraction of sp³-hybridized carbons (Fsp3) is 0.200. The molecule has 1 N–H and O–H groups in total. The maximum Gasteiger partial charge on any atom is 0.244 e. The molecule has 3 rings (SSSR count). The van der Waals surface area contributed by atoms with E-state index in [0.717, 1.165) is 24.0 Å². The average Bonchev–Trinajstić information content (AvgIpc) is 3.20. The highest BCUT2D eigenvalue weighted by Crippen LogP contribution is 2.10. The molecule has 0 aliphatic rings. The van der Waals surface area contributed by atoms with Crippen molar-refractivity contribution in [2.24, 2.45) is 0 Å². The first-order valence-corrected chi connectivity index (χ1v) is 8.50. The second-order valence-electron chi connectivity index (χ2n) is 6.02. The lowest BCUT2D eigenvalue weighted by molar-refractivity contribution is -0.116. The maximum absolute atomic E-state index is 12.2. The molecule has 2 heterocycles. The summed E-state index contributed by atoms with van der Waals surface area (Å²) in [5.74, 6) is 0.555. The first-order chi connectivity index (χ1) is 12.7. The minimum atomic E-state index is -0.107. The van der Waals surface area contributed by atoms with Gasteiger partial charge in [-0.25, -0.2) is 14.6 Å². The van der Waals surface area contributed by atoms with Crippen LogP contribution >= 0.6 is 0 Å². The molecule has 26 heavy (non-hydrogen) atoms. The lowest BCUT2D eigenvalue weighted by atomic mass is 10.1. The van der Waals surface area contributed by atoms with E-state index < -0.39 is 0 Å². The van der Waals surface area contributed by atoms with Crippen LogP contribution in [-0.2, 0) is 17.8 Å². The minimum absolute atomic E-state index is 0.107. The molecule has 1 aromatic carbocycles. The fourth-order valence-corrected chi connectivity index (χ4v) is 2.61. The second-order valence-corrected chi connectivity index (χ2v) is 6.02. The van der Waals surface area contributed by atoms with Crippen molar-refractivity contribution in [3.8, 4) is 5.82 Å². The molecule has 0 radical (unpaired) electrons. The van der Waals surface area contributed by atoms with E-state index in [1.54, 1.807) is 23.3 Å². The van der Waals surface area contributed by atoms with Gasteiger partial charge in [0.25, 0.3) is 0 Å². The van der Waals surface area contributed by atoms with Crippen LogP contribution in [0.15, 0.2) is 73.0 Å². The van der Waals surface area contributed by atoms with E-state index in [2.05, 4.69) is 32.5 Å². The summed E-state index contributed by atoms with van der Waals surface area (Å²) in [7, 11) is 0. The van der Waals surface area contributed by atoms with Crippen molar-refractivity contribution in [1.82, 2.24) is 25.1 Å². The van der Waals surface area contributed by atoms with Gasteiger partial charge in [-0.15, -0.1) is 0 Å². The molecule has 0 aliphatic carbocycles. The van der Waals surface area contributed by atoms with E-state index in [9.17, 15) is 4.79 Å². The highest BCUT2D eigenvalue weighted by Gasteiger charge is 2.07. The van der Waals surface area contributed by atoms with Crippen LogP contribution in [0.5, 0.6) is 0 Å². The van der Waals surface area contributed by atoms with Crippen molar-refractivity contribution in [2.45, 2.75) is 26.3 Å². The zero-order valence-corrected chi connectivity index (χ0v) is 14.7. The molecule has 0 atom stereocenters. The van der Waals surface area contributed by atoms with Crippen LogP contribution in [0, 0.1) is 0 Å². The lowest BCUT2D eigenvalue weighted by Gasteiger charge is -2.08. The van der Waals surface area contributed by atoms with Gasteiger partial charge in [0.05, 0.1) is 0 Å². The number of rotatable bonds is 7. The second kappa shape index (κ2) is 8.71. The summed E-state index contributed by atoms with van der Waals surface area (Å²) in [6, 6.07) is 14.0. The molecule has 132 valence electrons. The number of aryl methyl sites for hydroxylation is 1. The van der Waals surface area contributed by atoms with Gasteiger partial charge in [-0.3, -0.25) is 4.79 Å². The van der Waals surface area contributed by atoms with Crippen LogP contribution in [-0.4, -0.2) is 25.7 Å². The number of carbonyl (C=O) groups is 1. The Labute approximate surface area is 152 Å². The smallest absolute Gasteiger partial charge is 0.244 e. The first kappa shape index (κ1) is 17.5. The number of nitrogens with zero attached hydrogens (tertiary/aromatic N) is 4. The van der Waals surface area contributed by atoms with Gasteiger partial charge < -0.3 is 5.32 Å².